The van der Waals surface area contributed by atoms with Crippen molar-refractivity contribution >= 4 is 40.6 Å². The summed E-state index contributed by atoms with van der Waals surface area (Å²) in [5, 5.41) is 4.96. The lowest BCUT2D eigenvalue weighted by Crippen LogP contribution is -2.31. The zero-order valence-electron chi connectivity index (χ0n) is 15.4. The highest BCUT2D eigenvalue weighted by atomic mass is 32.2. The van der Waals surface area contributed by atoms with E-state index < -0.39 is 0 Å². The van der Waals surface area contributed by atoms with Crippen LogP contribution in [0.3, 0.4) is 0 Å². The molecule has 2 amide bonds. The van der Waals surface area contributed by atoms with Crippen molar-refractivity contribution < 1.29 is 9.59 Å². The third-order valence-electron chi connectivity index (χ3n) is 4.83. The molecule has 1 aromatic heterocycles. The Labute approximate surface area is 172 Å². The molecule has 28 heavy (non-hydrogen) atoms. The molecule has 0 radical (unpaired) electrons. The lowest BCUT2D eigenvalue weighted by molar-refractivity contribution is -0.117. The number of carbonyl (C=O) groups excluding carboxylic acids is 2. The minimum absolute atomic E-state index is 0.00817. The third-order valence-corrected chi connectivity index (χ3v) is 6.53. The van der Waals surface area contributed by atoms with Crippen molar-refractivity contribution in [3.8, 4) is 0 Å². The standard InChI is InChI=1S/C22H20N2O2S2/c1-27-17-8-4-7-16(12-17)23-21(25)13-19(20-10-5-11-28-20)24-14-15-6-2-3-9-18(15)22(24)26/h2-12,19H,13-14H2,1H3,(H,23,25)/t19-/m1/s1. The molecule has 0 saturated carbocycles. The van der Waals surface area contributed by atoms with Crippen molar-refractivity contribution in [1.29, 1.82) is 0 Å². The maximum absolute atomic E-state index is 13.0. The van der Waals surface area contributed by atoms with Gasteiger partial charge in [-0.2, -0.15) is 0 Å². The van der Waals surface area contributed by atoms with Crippen LogP contribution in [0.25, 0.3) is 0 Å². The van der Waals surface area contributed by atoms with E-state index in [0.717, 1.165) is 26.6 Å². The predicted octanol–water partition coefficient (Wildman–Crippen LogP) is 5.20. The van der Waals surface area contributed by atoms with Gasteiger partial charge in [0.2, 0.25) is 5.91 Å². The first-order valence-electron chi connectivity index (χ1n) is 9.02. The van der Waals surface area contributed by atoms with Crippen molar-refractivity contribution in [2.45, 2.75) is 23.9 Å². The van der Waals surface area contributed by atoms with E-state index in [-0.39, 0.29) is 24.3 Å². The molecule has 0 unspecified atom stereocenters. The van der Waals surface area contributed by atoms with Gasteiger partial charge in [0.15, 0.2) is 0 Å². The van der Waals surface area contributed by atoms with Gasteiger partial charge in [0.05, 0.1) is 12.5 Å². The highest BCUT2D eigenvalue weighted by Crippen LogP contribution is 2.35. The summed E-state index contributed by atoms with van der Waals surface area (Å²) >= 11 is 3.21. The summed E-state index contributed by atoms with van der Waals surface area (Å²) in [5.74, 6) is -0.105. The van der Waals surface area contributed by atoms with E-state index in [1.165, 1.54) is 0 Å². The Morgan fingerprint density at radius 3 is 2.79 bits per heavy atom. The average Bonchev–Trinajstić information content (AvgIpc) is 3.35. The van der Waals surface area contributed by atoms with Crippen LogP contribution in [0.5, 0.6) is 0 Å². The van der Waals surface area contributed by atoms with Gasteiger partial charge in [0.25, 0.3) is 5.91 Å². The molecule has 4 rings (SSSR count). The van der Waals surface area contributed by atoms with E-state index in [0.29, 0.717) is 6.54 Å². The molecule has 2 heterocycles. The number of amides is 2. The largest absolute Gasteiger partial charge is 0.326 e. The monoisotopic (exact) mass is 408 g/mol. The third kappa shape index (κ3) is 3.84. The second-order valence-electron chi connectivity index (χ2n) is 6.61. The zero-order chi connectivity index (χ0) is 19.5. The number of thioether (sulfide) groups is 1. The second kappa shape index (κ2) is 8.20. The first kappa shape index (κ1) is 18.8. The topological polar surface area (TPSA) is 49.4 Å². The summed E-state index contributed by atoms with van der Waals surface area (Å²) in [5.41, 5.74) is 2.53. The fourth-order valence-corrected chi connectivity index (χ4v) is 4.76. The Morgan fingerprint density at radius 1 is 1.18 bits per heavy atom. The number of rotatable bonds is 6. The molecule has 1 aliphatic heterocycles. The number of hydrogen-bond donors (Lipinski definition) is 1. The number of thiophene rings is 1. The van der Waals surface area contributed by atoms with E-state index in [2.05, 4.69) is 5.32 Å². The van der Waals surface area contributed by atoms with Gasteiger partial charge in [0, 0.05) is 27.6 Å². The van der Waals surface area contributed by atoms with Crippen LogP contribution in [0.2, 0.25) is 0 Å². The summed E-state index contributed by atoms with van der Waals surface area (Å²) in [6.45, 7) is 0.535. The van der Waals surface area contributed by atoms with Crippen LogP contribution in [0.15, 0.2) is 70.9 Å². The van der Waals surface area contributed by atoms with Gasteiger partial charge >= 0.3 is 0 Å². The zero-order valence-corrected chi connectivity index (χ0v) is 17.1. The number of nitrogens with one attached hydrogen (secondary N) is 1. The lowest BCUT2D eigenvalue weighted by Gasteiger charge is -2.26. The van der Waals surface area contributed by atoms with Gasteiger partial charge in [-0.3, -0.25) is 9.59 Å². The van der Waals surface area contributed by atoms with Crippen LogP contribution < -0.4 is 5.32 Å². The van der Waals surface area contributed by atoms with Crippen LogP contribution in [-0.4, -0.2) is 23.0 Å². The number of nitrogens with zero attached hydrogens (tertiary/aromatic N) is 1. The molecule has 1 atom stereocenters. The van der Waals surface area contributed by atoms with Crippen molar-refractivity contribution in [2.75, 3.05) is 11.6 Å². The molecule has 4 nitrogen and oxygen atoms in total. The Balaban J connectivity index is 1.55. The molecule has 142 valence electrons. The van der Waals surface area contributed by atoms with E-state index >= 15 is 0 Å². The normalized spacial score (nSPS) is 14.0. The molecule has 0 aliphatic carbocycles. The molecule has 0 bridgehead atoms. The molecule has 2 aromatic carbocycles. The molecule has 0 saturated heterocycles. The van der Waals surface area contributed by atoms with Crippen LogP contribution in [0, 0.1) is 0 Å². The van der Waals surface area contributed by atoms with Gasteiger partial charge in [-0.1, -0.05) is 30.3 Å². The molecule has 6 heteroatoms. The van der Waals surface area contributed by atoms with Gasteiger partial charge in [0.1, 0.15) is 0 Å². The van der Waals surface area contributed by atoms with Crippen LogP contribution >= 0.6 is 23.1 Å². The highest BCUT2D eigenvalue weighted by molar-refractivity contribution is 7.98. The van der Waals surface area contributed by atoms with E-state index in [1.54, 1.807) is 23.1 Å². The summed E-state index contributed by atoms with van der Waals surface area (Å²) in [4.78, 5) is 29.7. The number of anilines is 1. The van der Waals surface area contributed by atoms with Gasteiger partial charge < -0.3 is 10.2 Å². The minimum Gasteiger partial charge on any atom is -0.326 e. The first-order chi connectivity index (χ1) is 13.7. The van der Waals surface area contributed by atoms with E-state index in [9.17, 15) is 9.59 Å². The maximum Gasteiger partial charge on any atom is 0.255 e. The summed E-state index contributed by atoms with van der Waals surface area (Å²) in [7, 11) is 0. The molecular weight excluding hydrogens is 388 g/mol. The van der Waals surface area contributed by atoms with Gasteiger partial charge in [-0.25, -0.2) is 0 Å². The quantitative estimate of drug-likeness (QED) is 0.571. The summed E-state index contributed by atoms with van der Waals surface area (Å²) < 4.78 is 0. The lowest BCUT2D eigenvalue weighted by atomic mass is 10.1. The first-order valence-corrected chi connectivity index (χ1v) is 11.1. The van der Waals surface area contributed by atoms with E-state index in [4.69, 9.17) is 0 Å². The van der Waals surface area contributed by atoms with Gasteiger partial charge in [-0.05, 0) is 47.5 Å². The Morgan fingerprint density at radius 2 is 2.04 bits per heavy atom. The second-order valence-corrected chi connectivity index (χ2v) is 8.46. The molecular formula is C22H20N2O2S2. The van der Waals surface area contributed by atoms with Crippen LogP contribution in [-0.2, 0) is 11.3 Å². The van der Waals surface area contributed by atoms with Crippen molar-refractivity contribution in [2.24, 2.45) is 0 Å². The Hall–Kier alpha value is -2.57. The maximum atomic E-state index is 13.0. The molecule has 0 fully saturated rings. The Bertz CT molecular complexity index is 1000. The molecule has 1 aliphatic rings. The fourth-order valence-electron chi connectivity index (χ4n) is 3.46. The molecule has 0 spiro atoms. The highest BCUT2D eigenvalue weighted by Gasteiger charge is 2.34. The summed E-state index contributed by atoms with van der Waals surface area (Å²) in [6, 6.07) is 19.1. The van der Waals surface area contributed by atoms with Gasteiger partial charge in [-0.15, -0.1) is 23.1 Å². The van der Waals surface area contributed by atoms with Crippen LogP contribution in [0.4, 0.5) is 5.69 Å². The molecule has 3 aromatic rings. The summed E-state index contributed by atoms with van der Waals surface area (Å²) in [6.07, 6.45) is 2.23. The van der Waals surface area contributed by atoms with Crippen molar-refractivity contribution in [1.82, 2.24) is 4.90 Å². The average molecular weight is 409 g/mol. The minimum atomic E-state index is -0.274. The van der Waals surface area contributed by atoms with Crippen molar-refractivity contribution in [3.05, 3.63) is 82.0 Å². The number of fused-ring (bicyclic) bond motifs is 1. The number of carbonyl (C=O) groups is 2. The van der Waals surface area contributed by atoms with Crippen LogP contribution in [0.1, 0.15) is 33.3 Å². The number of benzene rings is 2. The Kier molecular flexibility index (Phi) is 5.50. The fraction of sp³-hybridized carbons (Fsp3) is 0.182. The van der Waals surface area contributed by atoms with E-state index in [1.807, 2.05) is 77.2 Å². The number of hydrogen-bond acceptors (Lipinski definition) is 4. The van der Waals surface area contributed by atoms with Crippen molar-refractivity contribution in [3.63, 3.8) is 0 Å². The predicted molar refractivity (Wildman–Crippen MR) is 115 cm³/mol. The smallest absolute Gasteiger partial charge is 0.255 e. The molecule has 1 N–H and O–H groups in total. The SMILES string of the molecule is CSc1cccc(NC(=O)C[C@H](c2cccs2)N2Cc3ccccc3C2=O)c1.